The largest absolute Gasteiger partial charge is 0.497 e. The van der Waals surface area contributed by atoms with Gasteiger partial charge in [0.25, 0.3) is 0 Å². The SMILES string of the molecule is CCNCCc1nnc(CCc2ccc(OC)cc2)o1. The van der Waals surface area contributed by atoms with Crippen molar-refractivity contribution < 1.29 is 9.15 Å². The minimum atomic E-state index is 0.701. The van der Waals surface area contributed by atoms with Crippen LogP contribution in [0.1, 0.15) is 24.3 Å². The van der Waals surface area contributed by atoms with E-state index >= 15 is 0 Å². The van der Waals surface area contributed by atoms with Crippen LogP contribution in [0.2, 0.25) is 0 Å². The summed E-state index contributed by atoms with van der Waals surface area (Å²) < 4.78 is 10.7. The van der Waals surface area contributed by atoms with Crippen LogP contribution < -0.4 is 10.1 Å². The summed E-state index contributed by atoms with van der Waals surface area (Å²) in [4.78, 5) is 0. The quantitative estimate of drug-likeness (QED) is 0.747. The van der Waals surface area contributed by atoms with Crippen LogP contribution in [0, 0.1) is 0 Å². The molecule has 2 rings (SSSR count). The van der Waals surface area contributed by atoms with Crippen LogP contribution in [0.3, 0.4) is 0 Å². The zero-order valence-corrected chi connectivity index (χ0v) is 12.1. The van der Waals surface area contributed by atoms with Gasteiger partial charge in [0, 0.05) is 19.4 Å². The van der Waals surface area contributed by atoms with Gasteiger partial charge in [-0.3, -0.25) is 0 Å². The minimum Gasteiger partial charge on any atom is -0.497 e. The molecule has 0 bridgehead atoms. The number of nitrogens with zero attached hydrogens (tertiary/aromatic N) is 2. The van der Waals surface area contributed by atoms with Gasteiger partial charge in [0.15, 0.2) is 0 Å². The van der Waals surface area contributed by atoms with E-state index < -0.39 is 0 Å². The Morgan fingerprint density at radius 2 is 1.75 bits per heavy atom. The van der Waals surface area contributed by atoms with E-state index in [4.69, 9.17) is 9.15 Å². The highest BCUT2D eigenvalue weighted by Gasteiger charge is 2.06. The average Bonchev–Trinajstić information content (AvgIpc) is 2.94. The third kappa shape index (κ3) is 4.35. The Morgan fingerprint density at radius 3 is 2.40 bits per heavy atom. The van der Waals surface area contributed by atoms with Gasteiger partial charge in [-0.15, -0.1) is 10.2 Å². The first-order valence-electron chi connectivity index (χ1n) is 6.96. The number of aromatic nitrogens is 2. The average molecular weight is 275 g/mol. The van der Waals surface area contributed by atoms with Gasteiger partial charge in [0.1, 0.15) is 5.75 Å². The number of nitrogens with one attached hydrogen (secondary N) is 1. The molecule has 0 saturated carbocycles. The van der Waals surface area contributed by atoms with E-state index in [0.29, 0.717) is 11.8 Å². The van der Waals surface area contributed by atoms with Crippen molar-refractivity contribution in [2.75, 3.05) is 20.2 Å². The Bertz CT molecular complexity index is 508. The lowest BCUT2D eigenvalue weighted by Gasteiger charge is -2.01. The summed E-state index contributed by atoms with van der Waals surface area (Å²) in [6.07, 6.45) is 2.43. The number of hydrogen-bond acceptors (Lipinski definition) is 5. The lowest BCUT2D eigenvalue weighted by Crippen LogP contribution is -2.16. The molecule has 0 aliphatic rings. The van der Waals surface area contributed by atoms with E-state index in [-0.39, 0.29) is 0 Å². The predicted octanol–water partition coefficient (Wildman–Crippen LogP) is 2.02. The highest BCUT2D eigenvalue weighted by Crippen LogP contribution is 2.13. The summed E-state index contributed by atoms with van der Waals surface area (Å²) in [5.41, 5.74) is 1.23. The summed E-state index contributed by atoms with van der Waals surface area (Å²) in [7, 11) is 1.67. The van der Waals surface area contributed by atoms with Crippen molar-refractivity contribution in [3.63, 3.8) is 0 Å². The monoisotopic (exact) mass is 275 g/mol. The Morgan fingerprint density at radius 1 is 1.05 bits per heavy atom. The molecule has 108 valence electrons. The van der Waals surface area contributed by atoms with Crippen LogP contribution in [-0.4, -0.2) is 30.4 Å². The van der Waals surface area contributed by atoms with Crippen molar-refractivity contribution in [2.45, 2.75) is 26.2 Å². The van der Waals surface area contributed by atoms with Crippen LogP contribution in [0.4, 0.5) is 0 Å². The molecule has 2 aromatic rings. The van der Waals surface area contributed by atoms with E-state index in [0.717, 1.165) is 38.1 Å². The Labute approximate surface area is 119 Å². The lowest BCUT2D eigenvalue weighted by molar-refractivity contribution is 0.414. The molecule has 5 heteroatoms. The van der Waals surface area contributed by atoms with Crippen LogP contribution >= 0.6 is 0 Å². The number of aryl methyl sites for hydroxylation is 2. The van der Waals surface area contributed by atoms with Crippen molar-refractivity contribution >= 4 is 0 Å². The van der Waals surface area contributed by atoms with E-state index in [1.54, 1.807) is 7.11 Å². The van der Waals surface area contributed by atoms with Crippen molar-refractivity contribution in [3.05, 3.63) is 41.6 Å². The maximum Gasteiger partial charge on any atom is 0.217 e. The number of likely N-dealkylation sites (N-methyl/N-ethyl adjacent to an activating group) is 1. The standard InChI is InChI=1S/C15H21N3O2/c1-3-16-11-10-15-18-17-14(20-15)9-6-12-4-7-13(19-2)8-5-12/h4-5,7-8,16H,3,6,9-11H2,1-2H3. The van der Waals surface area contributed by atoms with Crippen molar-refractivity contribution in [1.82, 2.24) is 15.5 Å². The van der Waals surface area contributed by atoms with Gasteiger partial charge >= 0.3 is 0 Å². The zero-order valence-electron chi connectivity index (χ0n) is 12.1. The van der Waals surface area contributed by atoms with Gasteiger partial charge in [-0.25, -0.2) is 0 Å². The molecule has 0 amide bonds. The fraction of sp³-hybridized carbons (Fsp3) is 0.467. The van der Waals surface area contributed by atoms with Gasteiger partial charge < -0.3 is 14.5 Å². The second-order valence-electron chi connectivity index (χ2n) is 4.54. The second-order valence-corrected chi connectivity index (χ2v) is 4.54. The molecule has 0 saturated heterocycles. The molecule has 0 atom stereocenters. The molecule has 1 heterocycles. The van der Waals surface area contributed by atoms with Gasteiger partial charge in [-0.2, -0.15) is 0 Å². The molecule has 0 fully saturated rings. The minimum absolute atomic E-state index is 0.701. The molecule has 0 aliphatic carbocycles. The first-order chi connectivity index (χ1) is 9.81. The molecule has 0 aliphatic heterocycles. The summed E-state index contributed by atoms with van der Waals surface area (Å²) in [6.45, 7) is 3.91. The first-order valence-corrected chi connectivity index (χ1v) is 6.96. The van der Waals surface area contributed by atoms with Crippen LogP contribution in [0.15, 0.2) is 28.7 Å². The second kappa shape index (κ2) is 7.65. The molecule has 20 heavy (non-hydrogen) atoms. The number of ether oxygens (including phenoxy) is 1. The lowest BCUT2D eigenvalue weighted by atomic mass is 10.1. The molecule has 1 N–H and O–H groups in total. The predicted molar refractivity (Wildman–Crippen MR) is 76.9 cm³/mol. The van der Waals surface area contributed by atoms with Crippen LogP contribution in [0.25, 0.3) is 0 Å². The summed E-state index contributed by atoms with van der Waals surface area (Å²) in [5.74, 6) is 2.28. The molecular formula is C15H21N3O2. The Kier molecular flexibility index (Phi) is 5.55. The molecule has 1 aromatic carbocycles. The first kappa shape index (κ1) is 14.5. The summed E-state index contributed by atoms with van der Waals surface area (Å²) >= 11 is 0. The summed E-state index contributed by atoms with van der Waals surface area (Å²) in [6, 6.07) is 8.04. The number of rotatable bonds is 8. The molecule has 1 aromatic heterocycles. The third-order valence-electron chi connectivity index (χ3n) is 3.06. The molecule has 5 nitrogen and oxygen atoms in total. The van der Waals surface area contributed by atoms with Crippen LogP contribution in [-0.2, 0) is 19.3 Å². The zero-order chi connectivity index (χ0) is 14.2. The maximum absolute atomic E-state index is 5.61. The fourth-order valence-electron chi connectivity index (χ4n) is 1.91. The third-order valence-corrected chi connectivity index (χ3v) is 3.06. The summed E-state index contributed by atoms with van der Waals surface area (Å²) in [5, 5.41) is 11.4. The van der Waals surface area contributed by atoms with Crippen LogP contribution in [0.5, 0.6) is 5.75 Å². The number of benzene rings is 1. The highest BCUT2D eigenvalue weighted by molar-refractivity contribution is 5.27. The van der Waals surface area contributed by atoms with Gasteiger partial charge in [-0.05, 0) is 30.7 Å². The van der Waals surface area contributed by atoms with E-state index in [1.165, 1.54) is 5.56 Å². The molecule has 0 spiro atoms. The van der Waals surface area contributed by atoms with Gasteiger partial charge in [0.05, 0.1) is 7.11 Å². The van der Waals surface area contributed by atoms with E-state index in [2.05, 4.69) is 34.6 Å². The highest BCUT2D eigenvalue weighted by atomic mass is 16.5. The maximum atomic E-state index is 5.61. The number of methoxy groups -OCH3 is 1. The molecular weight excluding hydrogens is 254 g/mol. The molecule has 0 radical (unpaired) electrons. The van der Waals surface area contributed by atoms with Gasteiger partial charge in [-0.1, -0.05) is 19.1 Å². The topological polar surface area (TPSA) is 60.2 Å². The normalized spacial score (nSPS) is 10.7. The van der Waals surface area contributed by atoms with Gasteiger partial charge in [0.2, 0.25) is 11.8 Å². The van der Waals surface area contributed by atoms with E-state index in [1.807, 2.05) is 12.1 Å². The fourth-order valence-corrected chi connectivity index (χ4v) is 1.91. The van der Waals surface area contributed by atoms with E-state index in [9.17, 15) is 0 Å². The van der Waals surface area contributed by atoms with Crippen molar-refractivity contribution in [3.8, 4) is 5.75 Å². The smallest absolute Gasteiger partial charge is 0.217 e. The van der Waals surface area contributed by atoms with Crippen molar-refractivity contribution in [2.24, 2.45) is 0 Å². The number of hydrogen-bond donors (Lipinski definition) is 1. The Balaban J connectivity index is 1.81. The van der Waals surface area contributed by atoms with Crippen molar-refractivity contribution in [1.29, 1.82) is 0 Å². The Hall–Kier alpha value is -1.88. The molecule has 0 unspecified atom stereocenters.